The molecule has 8 heteroatoms. The number of aromatic nitrogens is 2. The van der Waals surface area contributed by atoms with Crippen LogP contribution in [0.5, 0.6) is 0 Å². The summed E-state index contributed by atoms with van der Waals surface area (Å²) in [5.74, 6) is -0.113. The number of anilines is 1. The van der Waals surface area contributed by atoms with E-state index in [-0.39, 0.29) is 5.56 Å². The van der Waals surface area contributed by atoms with Crippen molar-refractivity contribution in [3.8, 4) is 0 Å². The number of nitrogens with zero attached hydrogens (tertiary/aromatic N) is 2. The summed E-state index contributed by atoms with van der Waals surface area (Å²) in [5.41, 5.74) is 2.01. The molecule has 0 aliphatic carbocycles. The molecule has 3 aromatic rings. The molecule has 3 rings (SSSR count). The Bertz CT molecular complexity index is 850. The molecule has 0 saturated heterocycles. The van der Waals surface area contributed by atoms with Gasteiger partial charge in [-0.3, -0.25) is 0 Å². The first kappa shape index (κ1) is 17.3. The minimum absolute atomic E-state index is 0.155. The van der Waals surface area contributed by atoms with Crippen molar-refractivity contribution in [2.45, 2.75) is 17.5 Å². The molecular weight excluding hydrogens is 362 g/mol. The lowest BCUT2D eigenvalue weighted by atomic mass is 10.1. The first-order valence-corrected chi connectivity index (χ1v) is 8.71. The molecule has 25 heavy (non-hydrogen) atoms. The zero-order valence-electron chi connectivity index (χ0n) is 12.9. The minimum Gasteiger partial charge on any atom is -0.545 e. The van der Waals surface area contributed by atoms with Crippen molar-refractivity contribution in [1.82, 2.24) is 10.2 Å². The van der Waals surface area contributed by atoms with Crippen molar-refractivity contribution >= 4 is 35.0 Å². The molecule has 0 atom stereocenters. The van der Waals surface area contributed by atoms with E-state index in [1.165, 1.54) is 23.9 Å². The number of carboxylic acid groups (broad SMARTS) is 1. The Hall–Kier alpha value is -2.51. The minimum atomic E-state index is -1.19. The van der Waals surface area contributed by atoms with Crippen molar-refractivity contribution in [3.05, 3.63) is 70.6 Å². The zero-order valence-corrected chi connectivity index (χ0v) is 14.5. The van der Waals surface area contributed by atoms with Crippen LogP contribution >= 0.6 is 23.4 Å². The highest BCUT2D eigenvalue weighted by Crippen LogP contribution is 2.22. The van der Waals surface area contributed by atoms with Gasteiger partial charge in [0.05, 0.1) is 12.5 Å². The topological polar surface area (TPSA) is 91.1 Å². The largest absolute Gasteiger partial charge is 0.545 e. The van der Waals surface area contributed by atoms with Gasteiger partial charge in [0.1, 0.15) is 0 Å². The quantitative estimate of drug-likeness (QED) is 0.635. The van der Waals surface area contributed by atoms with E-state index in [2.05, 4.69) is 15.5 Å². The van der Waals surface area contributed by atoms with Crippen molar-refractivity contribution in [3.63, 3.8) is 0 Å². The lowest BCUT2D eigenvalue weighted by Crippen LogP contribution is -2.21. The average molecular weight is 375 g/mol. The molecule has 0 unspecified atom stereocenters. The number of hydrogen-bond acceptors (Lipinski definition) is 7. The van der Waals surface area contributed by atoms with Gasteiger partial charge < -0.3 is 19.6 Å². The second-order valence-corrected chi connectivity index (χ2v) is 6.46. The van der Waals surface area contributed by atoms with E-state index in [0.717, 1.165) is 11.3 Å². The third kappa shape index (κ3) is 4.98. The van der Waals surface area contributed by atoms with Crippen LogP contribution < -0.4 is 10.4 Å². The molecule has 0 fully saturated rings. The maximum Gasteiger partial charge on any atom is 0.276 e. The van der Waals surface area contributed by atoms with Crippen LogP contribution in [0.3, 0.4) is 0 Å². The third-order valence-corrected chi connectivity index (χ3v) is 4.43. The molecule has 1 aromatic heterocycles. The average Bonchev–Trinajstić information content (AvgIpc) is 3.08. The van der Waals surface area contributed by atoms with Crippen LogP contribution in [0.1, 0.15) is 21.8 Å². The van der Waals surface area contributed by atoms with Gasteiger partial charge in [0.25, 0.3) is 5.22 Å². The van der Waals surface area contributed by atoms with Gasteiger partial charge in [-0.25, -0.2) is 0 Å². The summed E-state index contributed by atoms with van der Waals surface area (Å²) < 4.78 is 5.56. The fourth-order valence-electron chi connectivity index (χ4n) is 2.00. The number of halogens is 1. The Morgan fingerprint density at radius 3 is 2.52 bits per heavy atom. The SMILES string of the molecule is O=C([O-])c1ccc(CSc2nnc(CNc3ccc(Cl)cc3)o2)cc1. The monoisotopic (exact) mass is 374 g/mol. The molecular formula is C17H13ClN3O3S-. The number of benzene rings is 2. The summed E-state index contributed by atoms with van der Waals surface area (Å²) in [4.78, 5) is 10.7. The van der Waals surface area contributed by atoms with Crippen molar-refractivity contribution in [2.75, 3.05) is 5.32 Å². The Balaban J connectivity index is 1.51. The van der Waals surface area contributed by atoms with E-state index in [1.54, 1.807) is 24.3 Å². The number of carbonyl (C=O) groups is 1. The van der Waals surface area contributed by atoms with Gasteiger partial charge in [0.2, 0.25) is 5.89 Å². The molecule has 0 bridgehead atoms. The number of nitrogens with one attached hydrogen (secondary N) is 1. The highest BCUT2D eigenvalue weighted by Gasteiger charge is 2.07. The van der Waals surface area contributed by atoms with Gasteiger partial charge in [-0.15, -0.1) is 10.2 Å². The zero-order chi connectivity index (χ0) is 17.6. The van der Waals surface area contributed by atoms with Crippen LogP contribution in [0.25, 0.3) is 0 Å². The molecule has 1 N–H and O–H groups in total. The number of thioether (sulfide) groups is 1. The molecule has 0 amide bonds. The third-order valence-electron chi connectivity index (χ3n) is 3.29. The molecule has 2 aromatic carbocycles. The van der Waals surface area contributed by atoms with E-state index in [4.69, 9.17) is 16.0 Å². The van der Waals surface area contributed by atoms with Gasteiger partial charge in [-0.1, -0.05) is 47.6 Å². The number of carbonyl (C=O) groups excluding carboxylic acids is 1. The fourth-order valence-corrected chi connectivity index (χ4v) is 2.86. The predicted molar refractivity (Wildman–Crippen MR) is 93.4 cm³/mol. The highest BCUT2D eigenvalue weighted by atomic mass is 35.5. The van der Waals surface area contributed by atoms with Crippen molar-refractivity contribution < 1.29 is 14.3 Å². The number of carboxylic acids is 1. The smallest absolute Gasteiger partial charge is 0.276 e. The molecule has 0 aliphatic heterocycles. The number of hydrogen-bond donors (Lipinski definition) is 1. The molecule has 6 nitrogen and oxygen atoms in total. The Labute approximate surface area is 153 Å². The summed E-state index contributed by atoms with van der Waals surface area (Å²) >= 11 is 7.22. The Morgan fingerprint density at radius 1 is 1.12 bits per heavy atom. The van der Waals surface area contributed by atoms with Crippen LogP contribution in [0, 0.1) is 0 Å². The van der Waals surface area contributed by atoms with Crippen molar-refractivity contribution in [2.24, 2.45) is 0 Å². The summed E-state index contributed by atoms with van der Waals surface area (Å²) in [5, 5.41) is 23.0. The molecule has 1 heterocycles. The fraction of sp³-hybridized carbons (Fsp3) is 0.118. The Kier molecular flexibility index (Phi) is 5.57. The summed E-state index contributed by atoms with van der Waals surface area (Å²) in [6.45, 7) is 0.412. The molecule has 0 saturated carbocycles. The van der Waals surface area contributed by atoms with Crippen LogP contribution in [0.15, 0.2) is 58.2 Å². The first-order chi connectivity index (χ1) is 12.1. The van der Waals surface area contributed by atoms with Gasteiger partial charge in [-0.2, -0.15) is 0 Å². The highest BCUT2D eigenvalue weighted by molar-refractivity contribution is 7.98. The first-order valence-electron chi connectivity index (χ1n) is 7.35. The summed E-state index contributed by atoms with van der Waals surface area (Å²) in [7, 11) is 0. The van der Waals surface area contributed by atoms with Crippen molar-refractivity contribution in [1.29, 1.82) is 0 Å². The lowest BCUT2D eigenvalue weighted by Gasteiger charge is -2.03. The maximum absolute atomic E-state index is 10.7. The molecule has 0 spiro atoms. The van der Waals surface area contributed by atoms with Gasteiger partial charge >= 0.3 is 0 Å². The summed E-state index contributed by atoms with van der Waals surface area (Å²) in [6.07, 6.45) is 0. The van der Waals surface area contributed by atoms with E-state index < -0.39 is 5.97 Å². The van der Waals surface area contributed by atoms with E-state index in [9.17, 15) is 9.90 Å². The summed E-state index contributed by atoms with van der Waals surface area (Å²) in [6, 6.07) is 13.8. The van der Waals surface area contributed by atoms with Crippen LogP contribution in [-0.4, -0.2) is 16.2 Å². The number of rotatable bonds is 7. The van der Waals surface area contributed by atoms with Gasteiger partial charge in [0, 0.05) is 16.5 Å². The van der Waals surface area contributed by atoms with E-state index in [0.29, 0.717) is 28.4 Å². The maximum atomic E-state index is 10.7. The van der Waals surface area contributed by atoms with Crippen LogP contribution in [0.2, 0.25) is 5.02 Å². The van der Waals surface area contributed by atoms with Gasteiger partial charge in [-0.05, 0) is 35.4 Å². The lowest BCUT2D eigenvalue weighted by molar-refractivity contribution is -0.255. The Morgan fingerprint density at radius 2 is 1.84 bits per heavy atom. The van der Waals surface area contributed by atoms with Crippen LogP contribution in [-0.2, 0) is 12.3 Å². The van der Waals surface area contributed by atoms with E-state index in [1.807, 2.05) is 12.1 Å². The van der Waals surface area contributed by atoms with Gasteiger partial charge in [0.15, 0.2) is 0 Å². The van der Waals surface area contributed by atoms with Crippen LogP contribution in [0.4, 0.5) is 5.69 Å². The second kappa shape index (κ2) is 8.04. The molecule has 0 radical (unpaired) electrons. The second-order valence-electron chi connectivity index (χ2n) is 5.10. The predicted octanol–water partition coefficient (Wildman–Crippen LogP) is 2.99. The standard InChI is InChI=1S/C17H14ClN3O3S/c18-13-5-7-14(8-6-13)19-9-15-20-21-17(24-15)25-10-11-1-3-12(4-2-11)16(22)23/h1-8,19H,9-10H2,(H,22,23)/p-1. The molecule has 128 valence electrons. The molecule has 0 aliphatic rings. The number of aromatic carboxylic acids is 1. The normalized spacial score (nSPS) is 10.6. The van der Waals surface area contributed by atoms with E-state index >= 15 is 0 Å².